The summed E-state index contributed by atoms with van der Waals surface area (Å²) < 4.78 is 1.49. The number of piperazine rings is 1. The maximum absolute atomic E-state index is 4.51. The second-order valence-electron chi connectivity index (χ2n) is 6.31. The Kier molecular flexibility index (Phi) is 4.22. The fourth-order valence-electron chi connectivity index (χ4n) is 3.16. The zero-order valence-corrected chi connectivity index (χ0v) is 13.9. The minimum absolute atomic E-state index is 0.689. The predicted molar refractivity (Wildman–Crippen MR) is 93.1 cm³/mol. The number of fused-ring (bicyclic) bond motifs is 3. The van der Waals surface area contributed by atoms with Gasteiger partial charge in [0.15, 0.2) is 5.82 Å². The molecule has 0 unspecified atom stereocenters. The Hall–Kier alpha value is -2.32. The van der Waals surface area contributed by atoms with E-state index in [0.717, 1.165) is 62.3 Å². The number of nitrogens with one attached hydrogen (secondary N) is 1. The molecule has 0 bridgehead atoms. The van der Waals surface area contributed by atoms with Gasteiger partial charge in [0, 0.05) is 43.5 Å². The van der Waals surface area contributed by atoms with Gasteiger partial charge in [-0.15, -0.1) is 14.8 Å². The molecular weight excluding hydrogens is 304 g/mol. The van der Waals surface area contributed by atoms with Crippen LogP contribution in [0, 0.1) is 0 Å². The van der Waals surface area contributed by atoms with Crippen molar-refractivity contribution in [3.8, 4) is 0 Å². The number of hydrogen-bond acceptors (Lipinski definition) is 7. The van der Waals surface area contributed by atoms with Gasteiger partial charge in [0.25, 0.3) is 0 Å². The third-order valence-electron chi connectivity index (χ3n) is 4.61. The lowest BCUT2D eigenvalue weighted by molar-refractivity contribution is 0.154. The minimum atomic E-state index is 0.689. The first-order chi connectivity index (χ1) is 11.8. The summed E-state index contributed by atoms with van der Waals surface area (Å²) in [6.45, 7) is 6.65. The third kappa shape index (κ3) is 3.02. The summed E-state index contributed by atoms with van der Waals surface area (Å²) in [4.78, 5) is 4.91. The molecule has 1 aliphatic rings. The van der Waals surface area contributed by atoms with Crippen LogP contribution in [0.2, 0.25) is 0 Å². The second-order valence-corrected chi connectivity index (χ2v) is 6.31. The normalized spacial score (nSPS) is 16.9. The van der Waals surface area contributed by atoms with E-state index in [1.54, 1.807) is 0 Å². The molecule has 0 radical (unpaired) electrons. The van der Waals surface area contributed by atoms with Crippen LogP contribution in [-0.4, -0.2) is 81.4 Å². The Morgan fingerprint density at radius 2 is 1.88 bits per heavy atom. The summed E-state index contributed by atoms with van der Waals surface area (Å²) in [6.07, 6.45) is 1.09. The lowest BCUT2D eigenvalue weighted by Gasteiger charge is -2.32. The first kappa shape index (κ1) is 15.2. The lowest BCUT2D eigenvalue weighted by atomic mass is 10.2. The molecule has 3 aromatic rings. The fraction of sp³-hybridized carbons (Fsp3) is 0.500. The maximum atomic E-state index is 4.51. The van der Waals surface area contributed by atoms with Crippen LogP contribution in [0.3, 0.4) is 0 Å². The molecule has 1 N–H and O–H groups in total. The van der Waals surface area contributed by atoms with E-state index in [1.807, 2.05) is 18.2 Å². The molecule has 1 aliphatic heterocycles. The molecule has 0 atom stereocenters. The molecule has 3 heterocycles. The molecule has 24 heavy (non-hydrogen) atoms. The average Bonchev–Trinajstić information content (AvgIpc) is 3.09. The van der Waals surface area contributed by atoms with Gasteiger partial charge in [0.1, 0.15) is 0 Å². The van der Waals surface area contributed by atoms with Gasteiger partial charge in [0.05, 0.1) is 0 Å². The highest BCUT2D eigenvalue weighted by atomic mass is 15.6. The van der Waals surface area contributed by atoms with Gasteiger partial charge in [0.2, 0.25) is 5.65 Å². The highest BCUT2D eigenvalue weighted by molar-refractivity contribution is 5.99. The van der Waals surface area contributed by atoms with E-state index >= 15 is 0 Å². The van der Waals surface area contributed by atoms with E-state index in [-0.39, 0.29) is 0 Å². The van der Waals surface area contributed by atoms with Gasteiger partial charge < -0.3 is 15.1 Å². The molecular formula is C16H22N8. The molecule has 0 aliphatic carbocycles. The van der Waals surface area contributed by atoms with Crippen LogP contribution in [0.15, 0.2) is 24.3 Å². The van der Waals surface area contributed by atoms with E-state index in [4.69, 9.17) is 0 Å². The van der Waals surface area contributed by atoms with Crippen molar-refractivity contribution in [1.82, 2.24) is 35.1 Å². The van der Waals surface area contributed by atoms with Crippen LogP contribution < -0.4 is 5.32 Å². The predicted octanol–water partition coefficient (Wildman–Crippen LogP) is 0.722. The smallest absolute Gasteiger partial charge is 0.207 e. The number of nitrogens with zero attached hydrogens (tertiary/aromatic N) is 7. The van der Waals surface area contributed by atoms with E-state index < -0.39 is 0 Å². The highest BCUT2D eigenvalue weighted by Gasteiger charge is 2.13. The average molecular weight is 326 g/mol. The van der Waals surface area contributed by atoms with Crippen molar-refractivity contribution in [3.05, 3.63) is 24.3 Å². The number of benzene rings is 1. The topological polar surface area (TPSA) is 74.5 Å². The van der Waals surface area contributed by atoms with Crippen molar-refractivity contribution in [1.29, 1.82) is 0 Å². The zero-order chi connectivity index (χ0) is 16.4. The van der Waals surface area contributed by atoms with Gasteiger partial charge in [-0.3, -0.25) is 0 Å². The van der Waals surface area contributed by atoms with Crippen molar-refractivity contribution in [3.63, 3.8) is 0 Å². The first-order valence-corrected chi connectivity index (χ1v) is 8.43. The Labute approximate surface area is 140 Å². The van der Waals surface area contributed by atoms with Gasteiger partial charge in [-0.1, -0.05) is 24.3 Å². The Bertz CT molecular complexity index is 821. The number of anilines is 1. The van der Waals surface area contributed by atoms with Crippen LogP contribution in [0.1, 0.15) is 6.42 Å². The SMILES string of the molecule is CN1CCN(CCCNc2nn3nnnc3c3ccccc23)CC1. The Morgan fingerprint density at radius 1 is 1.08 bits per heavy atom. The molecule has 8 heteroatoms. The molecule has 4 rings (SSSR count). The lowest BCUT2D eigenvalue weighted by Crippen LogP contribution is -2.44. The number of aromatic nitrogens is 5. The molecule has 1 saturated heterocycles. The summed E-state index contributed by atoms with van der Waals surface area (Å²) in [6, 6.07) is 8.09. The summed E-state index contributed by atoms with van der Waals surface area (Å²) >= 11 is 0. The number of tetrazole rings is 1. The van der Waals surface area contributed by atoms with Crippen molar-refractivity contribution in [2.75, 3.05) is 51.6 Å². The summed E-state index contributed by atoms with van der Waals surface area (Å²) in [5, 5.41) is 21.7. The van der Waals surface area contributed by atoms with Crippen LogP contribution in [0.25, 0.3) is 16.4 Å². The summed E-state index contributed by atoms with van der Waals surface area (Å²) in [5.74, 6) is 0.837. The number of hydrogen-bond donors (Lipinski definition) is 1. The number of likely N-dealkylation sites (N-methyl/N-ethyl adjacent to an activating group) is 1. The van der Waals surface area contributed by atoms with Crippen LogP contribution in [-0.2, 0) is 0 Å². The van der Waals surface area contributed by atoms with Crippen LogP contribution in [0.4, 0.5) is 5.82 Å². The van der Waals surface area contributed by atoms with Crippen LogP contribution in [0.5, 0.6) is 0 Å². The van der Waals surface area contributed by atoms with E-state index in [1.165, 1.54) is 4.63 Å². The molecule has 0 saturated carbocycles. The van der Waals surface area contributed by atoms with Gasteiger partial charge >= 0.3 is 0 Å². The third-order valence-corrected chi connectivity index (χ3v) is 4.61. The molecule has 8 nitrogen and oxygen atoms in total. The molecule has 126 valence electrons. The molecule has 0 amide bonds. The minimum Gasteiger partial charge on any atom is -0.368 e. The van der Waals surface area contributed by atoms with Crippen LogP contribution >= 0.6 is 0 Å². The largest absolute Gasteiger partial charge is 0.368 e. The molecule has 2 aromatic heterocycles. The molecule has 0 spiro atoms. The van der Waals surface area contributed by atoms with Crippen molar-refractivity contribution < 1.29 is 0 Å². The van der Waals surface area contributed by atoms with E-state index in [0.29, 0.717) is 5.65 Å². The fourth-order valence-corrected chi connectivity index (χ4v) is 3.16. The summed E-state index contributed by atoms with van der Waals surface area (Å²) in [5.41, 5.74) is 0.689. The quantitative estimate of drug-likeness (QED) is 0.693. The molecule has 1 aromatic carbocycles. The number of rotatable bonds is 5. The van der Waals surface area contributed by atoms with Crippen molar-refractivity contribution in [2.45, 2.75) is 6.42 Å². The van der Waals surface area contributed by atoms with Crippen molar-refractivity contribution in [2.24, 2.45) is 0 Å². The monoisotopic (exact) mass is 326 g/mol. The van der Waals surface area contributed by atoms with E-state index in [2.05, 4.69) is 48.9 Å². The maximum Gasteiger partial charge on any atom is 0.207 e. The zero-order valence-electron chi connectivity index (χ0n) is 13.9. The molecule has 1 fully saturated rings. The van der Waals surface area contributed by atoms with Gasteiger partial charge in [-0.05, 0) is 30.4 Å². The first-order valence-electron chi connectivity index (χ1n) is 8.43. The Morgan fingerprint density at radius 3 is 2.71 bits per heavy atom. The van der Waals surface area contributed by atoms with Gasteiger partial charge in [-0.2, -0.15) is 0 Å². The van der Waals surface area contributed by atoms with Gasteiger partial charge in [-0.25, -0.2) is 0 Å². The Balaban J connectivity index is 1.42. The van der Waals surface area contributed by atoms with E-state index in [9.17, 15) is 0 Å². The highest BCUT2D eigenvalue weighted by Crippen LogP contribution is 2.23. The standard InChI is InChI=1S/C16H22N8/c1-22-9-11-23(12-10-22)8-4-7-17-15-13-5-2-3-6-14(13)16-18-20-21-24(16)19-15/h2-3,5-6H,4,7-12H2,1H3,(H,17,19). The second kappa shape index (κ2) is 6.66. The summed E-state index contributed by atoms with van der Waals surface area (Å²) in [7, 11) is 2.19. The van der Waals surface area contributed by atoms with Crippen molar-refractivity contribution >= 4 is 22.2 Å².